The van der Waals surface area contributed by atoms with Crippen LogP contribution < -0.4 is 5.32 Å². The van der Waals surface area contributed by atoms with E-state index in [0.29, 0.717) is 11.4 Å². The largest absolute Gasteiger partial charge is 0.321 e. The predicted octanol–water partition coefficient (Wildman–Crippen LogP) is 4.48. The van der Waals surface area contributed by atoms with Crippen LogP contribution in [-0.2, 0) is 6.42 Å². The number of carbonyl (C=O) groups is 1. The van der Waals surface area contributed by atoms with Crippen LogP contribution >= 0.6 is 11.3 Å². The Balaban J connectivity index is 1.48. The Labute approximate surface area is 161 Å². The highest BCUT2D eigenvalue weighted by atomic mass is 32.1. The maximum Gasteiger partial charge on any atom is 0.275 e. The Hall–Kier alpha value is -3.25. The third kappa shape index (κ3) is 3.96. The van der Waals surface area contributed by atoms with Gasteiger partial charge < -0.3 is 5.32 Å². The molecule has 0 atom stereocenters. The van der Waals surface area contributed by atoms with E-state index >= 15 is 0 Å². The number of nitrogens with one attached hydrogen (secondary N) is 1. The zero-order valence-corrected chi connectivity index (χ0v) is 15.6. The molecule has 0 saturated heterocycles. The van der Waals surface area contributed by atoms with E-state index in [2.05, 4.69) is 27.5 Å². The summed E-state index contributed by atoms with van der Waals surface area (Å²) in [6, 6.07) is 19.7. The molecule has 27 heavy (non-hydrogen) atoms. The van der Waals surface area contributed by atoms with Gasteiger partial charge in [-0.05, 0) is 36.8 Å². The first kappa shape index (κ1) is 17.2. The topological polar surface area (TPSA) is 59.8 Å². The van der Waals surface area contributed by atoms with E-state index in [1.165, 1.54) is 16.9 Å². The highest BCUT2D eigenvalue weighted by Gasteiger charge is 2.12. The SMILES string of the molecule is Cc1ccnn1-c1cccc(NC(=O)c2csc(Cc3ccccc3)n2)c1. The van der Waals surface area contributed by atoms with E-state index in [9.17, 15) is 4.79 Å². The molecule has 1 N–H and O–H groups in total. The number of carbonyl (C=O) groups excluding carboxylic acids is 1. The molecule has 0 fully saturated rings. The lowest BCUT2D eigenvalue weighted by molar-refractivity contribution is 0.102. The zero-order chi connectivity index (χ0) is 18.6. The second-order valence-electron chi connectivity index (χ2n) is 6.18. The molecule has 0 aliphatic heterocycles. The number of amides is 1. The normalized spacial score (nSPS) is 10.7. The van der Waals surface area contributed by atoms with Crippen molar-refractivity contribution in [1.29, 1.82) is 0 Å². The molecule has 0 radical (unpaired) electrons. The highest BCUT2D eigenvalue weighted by Crippen LogP contribution is 2.18. The summed E-state index contributed by atoms with van der Waals surface area (Å²) in [4.78, 5) is 17.0. The fourth-order valence-electron chi connectivity index (χ4n) is 2.82. The number of aryl methyl sites for hydroxylation is 1. The number of anilines is 1. The fourth-order valence-corrected chi connectivity index (χ4v) is 3.63. The average Bonchev–Trinajstić information content (AvgIpc) is 3.32. The van der Waals surface area contributed by atoms with Crippen molar-refractivity contribution >= 4 is 22.9 Å². The van der Waals surface area contributed by atoms with Gasteiger partial charge in [0.2, 0.25) is 0 Å². The molecule has 134 valence electrons. The average molecular weight is 374 g/mol. The van der Waals surface area contributed by atoms with E-state index in [4.69, 9.17) is 0 Å². The molecule has 4 aromatic rings. The van der Waals surface area contributed by atoms with Crippen molar-refractivity contribution in [2.24, 2.45) is 0 Å². The van der Waals surface area contributed by atoms with E-state index in [0.717, 1.165) is 22.8 Å². The van der Waals surface area contributed by atoms with Crippen LogP contribution in [0.2, 0.25) is 0 Å². The van der Waals surface area contributed by atoms with E-state index < -0.39 is 0 Å². The molecule has 1 amide bonds. The van der Waals surface area contributed by atoms with E-state index in [1.54, 1.807) is 11.6 Å². The Morgan fingerprint density at radius 2 is 1.96 bits per heavy atom. The monoisotopic (exact) mass is 374 g/mol. The Morgan fingerprint density at radius 1 is 1.11 bits per heavy atom. The maximum absolute atomic E-state index is 12.6. The number of hydrogen-bond donors (Lipinski definition) is 1. The molecule has 0 bridgehead atoms. The molecule has 0 aliphatic carbocycles. The molecule has 4 rings (SSSR count). The third-order valence-corrected chi connectivity index (χ3v) is 5.01. The molecule has 0 aliphatic rings. The summed E-state index contributed by atoms with van der Waals surface area (Å²) < 4.78 is 1.83. The van der Waals surface area contributed by atoms with Gasteiger partial charge in [-0.1, -0.05) is 36.4 Å². The van der Waals surface area contributed by atoms with Gasteiger partial charge in [-0.15, -0.1) is 11.3 Å². The second-order valence-corrected chi connectivity index (χ2v) is 7.12. The van der Waals surface area contributed by atoms with Crippen molar-refractivity contribution in [2.45, 2.75) is 13.3 Å². The summed E-state index contributed by atoms with van der Waals surface area (Å²) in [6.45, 7) is 1.99. The summed E-state index contributed by atoms with van der Waals surface area (Å²) >= 11 is 1.50. The van der Waals surface area contributed by atoms with Crippen LogP contribution in [0.3, 0.4) is 0 Å². The molecule has 2 aromatic carbocycles. The highest BCUT2D eigenvalue weighted by molar-refractivity contribution is 7.09. The Bertz CT molecular complexity index is 1070. The zero-order valence-electron chi connectivity index (χ0n) is 14.8. The van der Waals surface area contributed by atoms with Crippen molar-refractivity contribution < 1.29 is 4.79 Å². The van der Waals surface area contributed by atoms with Gasteiger partial charge in [-0.3, -0.25) is 4.79 Å². The molecule has 2 heterocycles. The lowest BCUT2D eigenvalue weighted by Gasteiger charge is -2.08. The van der Waals surface area contributed by atoms with Crippen LogP contribution in [0.4, 0.5) is 5.69 Å². The number of hydrogen-bond acceptors (Lipinski definition) is 4. The summed E-state index contributed by atoms with van der Waals surface area (Å²) in [5, 5.41) is 9.95. The molecule has 2 aromatic heterocycles. The minimum absolute atomic E-state index is 0.208. The molecule has 5 nitrogen and oxygen atoms in total. The smallest absolute Gasteiger partial charge is 0.275 e. The maximum atomic E-state index is 12.6. The third-order valence-electron chi connectivity index (χ3n) is 4.16. The lowest BCUT2D eigenvalue weighted by Crippen LogP contribution is -2.13. The second kappa shape index (κ2) is 7.55. The van der Waals surface area contributed by atoms with Crippen LogP contribution in [0.1, 0.15) is 26.8 Å². The minimum Gasteiger partial charge on any atom is -0.321 e. The van der Waals surface area contributed by atoms with Crippen molar-refractivity contribution in [3.63, 3.8) is 0 Å². The van der Waals surface area contributed by atoms with Crippen molar-refractivity contribution in [3.05, 3.63) is 94.2 Å². The van der Waals surface area contributed by atoms with Crippen LogP contribution in [-0.4, -0.2) is 20.7 Å². The van der Waals surface area contributed by atoms with Gasteiger partial charge in [-0.25, -0.2) is 9.67 Å². The Morgan fingerprint density at radius 3 is 2.74 bits per heavy atom. The first-order chi connectivity index (χ1) is 13.2. The minimum atomic E-state index is -0.208. The molecule has 0 unspecified atom stereocenters. The van der Waals surface area contributed by atoms with Crippen molar-refractivity contribution in [2.75, 3.05) is 5.32 Å². The van der Waals surface area contributed by atoms with Crippen molar-refractivity contribution in [1.82, 2.24) is 14.8 Å². The fraction of sp³-hybridized carbons (Fsp3) is 0.0952. The van der Waals surface area contributed by atoms with E-state index in [-0.39, 0.29) is 5.91 Å². The number of rotatable bonds is 5. The quantitative estimate of drug-likeness (QED) is 0.560. The molecular formula is C21H18N4OS. The standard InChI is InChI=1S/C21H18N4OS/c1-15-10-11-22-25(15)18-9-5-8-17(13-18)23-21(26)19-14-27-20(24-19)12-16-6-3-2-4-7-16/h2-11,13-14H,12H2,1H3,(H,23,26). The van der Waals surface area contributed by atoms with Gasteiger partial charge >= 0.3 is 0 Å². The van der Waals surface area contributed by atoms with Gasteiger partial charge in [0.15, 0.2) is 0 Å². The summed E-state index contributed by atoms with van der Waals surface area (Å²) in [5.74, 6) is -0.208. The van der Waals surface area contributed by atoms with Gasteiger partial charge in [0.25, 0.3) is 5.91 Å². The Kier molecular flexibility index (Phi) is 4.80. The van der Waals surface area contributed by atoms with Crippen molar-refractivity contribution in [3.8, 4) is 5.69 Å². The van der Waals surface area contributed by atoms with E-state index in [1.807, 2.05) is 60.1 Å². The van der Waals surface area contributed by atoms with Crippen LogP contribution in [0.25, 0.3) is 5.69 Å². The summed E-state index contributed by atoms with van der Waals surface area (Å²) in [6.07, 6.45) is 2.48. The molecule has 0 spiro atoms. The predicted molar refractivity (Wildman–Crippen MR) is 108 cm³/mol. The number of aromatic nitrogens is 3. The summed E-state index contributed by atoms with van der Waals surface area (Å²) in [5.41, 5.74) is 4.26. The first-order valence-electron chi connectivity index (χ1n) is 8.60. The molecule has 6 heteroatoms. The molecular weight excluding hydrogens is 356 g/mol. The van der Waals surface area contributed by atoms with Crippen LogP contribution in [0.15, 0.2) is 72.2 Å². The van der Waals surface area contributed by atoms with Gasteiger partial charge in [0, 0.05) is 29.4 Å². The van der Waals surface area contributed by atoms with Crippen LogP contribution in [0.5, 0.6) is 0 Å². The summed E-state index contributed by atoms with van der Waals surface area (Å²) in [7, 11) is 0. The number of benzene rings is 2. The number of nitrogens with zero attached hydrogens (tertiary/aromatic N) is 3. The van der Waals surface area contributed by atoms with Crippen LogP contribution in [0, 0.1) is 6.92 Å². The van der Waals surface area contributed by atoms with Gasteiger partial charge in [0.05, 0.1) is 10.7 Å². The first-order valence-corrected chi connectivity index (χ1v) is 9.48. The number of thiazole rings is 1. The van der Waals surface area contributed by atoms with Gasteiger partial charge in [-0.2, -0.15) is 5.10 Å². The molecule has 0 saturated carbocycles. The van der Waals surface area contributed by atoms with Gasteiger partial charge in [0.1, 0.15) is 5.69 Å². The lowest BCUT2D eigenvalue weighted by atomic mass is 10.2.